The molecule has 1 aliphatic heterocycles. The van der Waals surface area contributed by atoms with Crippen molar-refractivity contribution in [3.63, 3.8) is 0 Å². The fourth-order valence-corrected chi connectivity index (χ4v) is 3.63. The molecular weight excluding hydrogens is 282 g/mol. The van der Waals surface area contributed by atoms with Crippen molar-refractivity contribution in [1.29, 1.82) is 0 Å². The number of thiol groups is 1. The lowest BCUT2D eigenvalue weighted by Gasteiger charge is -2.37. The second kappa shape index (κ2) is 5.38. The third-order valence-corrected chi connectivity index (χ3v) is 5.53. The lowest BCUT2D eigenvalue weighted by Crippen LogP contribution is -2.33. The first kappa shape index (κ1) is 13.9. The Labute approximate surface area is 130 Å². The predicted octanol–water partition coefficient (Wildman–Crippen LogP) is 5.25. The Balaban J connectivity index is 2.08. The van der Waals surface area contributed by atoms with Gasteiger partial charge >= 0.3 is 0 Å². The van der Waals surface area contributed by atoms with Gasteiger partial charge in [0.15, 0.2) is 0 Å². The molecule has 0 saturated heterocycles. The third-order valence-electron chi connectivity index (χ3n) is 3.55. The van der Waals surface area contributed by atoms with Crippen molar-refractivity contribution >= 4 is 35.8 Å². The summed E-state index contributed by atoms with van der Waals surface area (Å²) in [5, 5.41) is 0. The number of hydrogen-bond donors (Lipinski definition) is 1. The van der Waals surface area contributed by atoms with Crippen LogP contribution in [0, 0.1) is 5.41 Å². The summed E-state index contributed by atoms with van der Waals surface area (Å²) < 4.78 is 0. The van der Waals surface area contributed by atoms with Crippen LogP contribution in [0.1, 0.15) is 13.8 Å². The zero-order valence-electron chi connectivity index (χ0n) is 11.8. The van der Waals surface area contributed by atoms with Crippen molar-refractivity contribution in [3.8, 4) is 0 Å². The van der Waals surface area contributed by atoms with Gasteiger partial charge in [0.05, 0.1) is 11.4 Å². The van der Waals surface area contributed by atoms with Crippen LogP contribution in [0.25, 0.3) is 0 Å². The van der Waals surface area contributed by atoms with Gasteiger partial charge in [0.2, 0.25) is 0 Å². The summed E-state index contributed by atoms with van der Waals surface area (Å²) in [7, 11) is 0. The molecule has 0 fully saturated rings. The fourth-order valence-electron chi connectivity index (χ4n) is 2.43. The molecule has 0 unspecified atom stereocenters. The zero-order chi connectivity index (χ0) is 14.2. The van der Waals surface area contributed by atoms with Crippen LogP contribution in [-0.2, 0) is 0 Å². The van der Waals surface area contributed by atoms with E-state index in [0.29, 0.717) is 0 Å². The maximum atomic E-state index is 4.51. The highest BCUT2D eigenvalue weighted by molar-refractivity contribution is 7.99. The fraction of sp³-hybridized carbons (Fsp3) is 0.294. The second-order valence-corrected chi connectivity index (χ2v) is 7.35. The van der Waals surface area contributed by atoms with E-state index < -0.39 is 0 Å². The zero-order valence-corrected chi connectivity index (χ0v) is 13.5. The summed E-state index contributed by atoms with van der Waals surface area (Å²) in [6.07, 6.45) is 0. The summed E-state index contributed by atoms with van der Waals surface area (Å²) in [6, 6.07) is 17.3. The van der Waals surface area contributed by atoms with Crippen LogP contribution in [0.2, 0.25) is 0 Å². The van der Waals surface area contributed by atoms with Crippen LogP contribution in [0.5, 0.6) is 0 Å². The summed E-state index contributed by atoms with van der Waals surface area (Å²) in [5.41, 5.74) is 2.79. The van der Waals surface area contributed by atoms with Crippen LogP contribution in [-0.4, -0.2) is 12.3 Å². The number of fused-ring (bicyclic) bond motifs is 2. The van der Waals surface area contributed by atoms with E-state index in [-0.39, 0.29) is 5.41 Å². The molecule has 20 heavy (non-hydrogen) atoms. The summed E-state index contributed by atoms with van der Waals surface area (Å²) in [4.78, 5) is 5.11. The van der Waals surface area contributed by atoms with Gasteiger partial charge in [-0.3, -0.25) is 0 Å². The van der Waals surface area contributed by atoms with Crippen molar-refractivity contribution in [2.75, 3.05) is 17.2 Å². The second-order valence-electron chi connectivity index (χ2n) is 5.95. The first-order chi connectivity index (χ1) is 9.61. The Morgan fingerprint density at radius 1 is 0.950 bits per heavy atom. The van der Waals surface area contributed by atoms with E-state index in [1.54, 1.807) is 0 Å². The minimum absolute atomic E-state index is 0.172. The number of anilines is 2. The largest absolute Gasteiger partial charge is 0.339 e. The number of rotatable bonds is 3. The van der Waals surface area contributed by atoms with E-state index in [1.165, 1.54) is 21.2 Å². The van der Waals surface area contributed by atoms with E-state index in [4.69, 9.17) is 0 Å². The predicted molar refractivity (Wildman–Crippen MR) is 91.6 cm³/mol. The summed E-state index contributed by atoms with van der Waals surface area (Å²) in [6.45, 7) is 5.52. The molecule has 0 N–H and O–H groups in total. The molecule has 0 spiro atoms. The molecular formula is C17H19NS2. The molecule has 104 valence electrons. The van der Waals surface area contributed by atoms with E-state index >= 15 is 0 Å². The molecule has 3 rings (SSSR count). The van der Waals surface area contributed by atoms with Crippen molar-refractivity contribution in [2.45, 2.75) is 23.6 Å². The van der Waals surface area contributed by atoms with Gasteiger partial charge in [-0.15, -0.1) is 0 Å². The molecule has 0 aliphatic carbocycles. The van der Waals surface area contributed by atoms with Gasteiger partial charge < -0.3 is 4.90 Å². The molecule has 3 heteroatoms. The molecule has 0 radical (unpaired) electrons. The van der Waals surface area contributed by atoms with Crippen LogP contribution >= 0.6 is 24.4 Å². The Morgan fingerprint density at radius 3 is 1.95 bits per heavy atom. The molecule has 0 saturated carbocycles. The minimum Gasteiger partial charge on any atom is -0.339 e. The molecule has 2 aromatic carbocycles. The molecule has 1 aliphatic rings. The van der Waals surface area contributed by atoms with E-state index in [9.17, 15) is 0 Å². The lowest BCUT2D eigenvalue weighted by molar-refractivity contribution is 0.434. The van der Waals surface area contributed by atoms with Gasteiger partial charge in [-0.1, -0.05) is 49.9 Å². The van der Waals surface area contributed by atoms with Gasteiger partial charge in [-0.2, -0.15) is 12.6 Å². The number of para-hydroxylation sites is 2. The monoisotopic (exact) mass is 301 g/mol. The number of benzene rings is 2. The first-order valence-electron chi connectivity index (χ1n) is 6.85. The quantitative estimate of drug-likeness (QED) is 0.772. The number of hydrogen-bond acceptors (Lipinski definition) is 3. The highest BCUT2D eigenvalue weighted by Gasteiger charge is 2.27. The van der Waals surface area contributed by atoms with Crippen LogP contribution in [0.3, 0.4) is 0 Å². The Morgan fingerprint density at radius 2 is 1.45 bits per heavy atom. The molecule has 0 aromatic heterocycles. The van der Waals surface area contributed by atoms with Gasteiger partial charge in [-0.05, 0) is 35.4 Å². The Kier molecular flexibility index (Phi) is 3.74. The number of nitrogens with zero attached hydrogens (tertiary/aromatic N) is 1. The van der Waals surface area contributed by atoms with Crippen molar-refractivity contribution < 1.29 is 0 Å². The molecule has 0 amide bonds. The van der Waals surface area contributed by atoms with Crippen LogP contribution < -0.4 is 4.90 Å². The molecule has 0 atom stereocenters. The standard InChI is InChI=1S/C17H19NS2/c1-17(2,12-19)11-18-13-7-3-5-9-15(13)20-16-10-6-4-8-14(16)18/h3-10,19H,11-12H2,1-2H3. The summed E-state index contributed by atoms with van der Waals surface area (Å²) >= 11 is 6.37. The summed E-state index contributed by atoms with van der Waals surface area (Å²) in [5.74, 6) is 0.876. The average Bonchev–Trinajstić information content (AvgIpc) is 2.47. The highest BCUT2D eigenvalue weighted by atomic mass is 32.2. The minimum atomic E-state index is 0.172. The van der Waals surface area contributed by atoms with Gasteiger partial charge in [-0.25, -0.2) is 0 Å². The topological polar surface area (TPSA) is 3.24 Å². The molecule has 0 bridgehead atoms. The van der Waals surface area contributed by atoms with Gasteiger partial charge in [0.1, 0.15) is 0 Å². The van der Waals surface area contributed by atoms with E-state index in [1.807, 2.05) is 11.8 Å². The normalized spacial score (nSPS) is 13.8. The van der Waals surface area contributed by atoms with Crippen LogP contribution in [0.4, 0.5) is 11.4 Å². The van der Waals surface area contributed by atoms with Crippen LogP contribution in [0.15, 0.2) is 58.3 Å². The SMILES string of the molecule is CC(C)(CS)CN1c2ccccc2Sc2ccccc21. The maximum Gasteiger partial charge on any atom is 0.0553 e. The Bertz CT molecular complexity index is 576. The maximum absolute atomic E-state index is 4.51. The van der Waals surface area contributed by atoms with Gasteiger partial charge in [0.25, 0.3) is 0 Å². The first-order valence-corrected chi connectivity index (χ1v) is 8.30. The lowest BCUT2D eigenvalue weighted by atomic mass is 9.95. The smallest absolute Gasteiger partial charge is 0.0553 e. The van der Waals surface area contributed by atoms with E-state index in [0.717, 1.165) is 12.3 Å². The average molecular weight is 301 g/mol. The molecule has 2 aromatic rings. The van der Waals surface area contributed by atoms with Crippen molar-refractivity contribution in [1.82, 2.24) is 0 Å². The van der Waals surface area contributed by atoms with Crippen molar-refractivity contribution in [2.24, 2.45) is 5.41 Å². The third kappa shape index (κ3) is 2.57. The highest BCUT2D eigenvalue weighted by Crippen LogP contribution is 2.48. The molecule has 1 nitrogen and oxygen atoms in total. The van der Waals surface area contributed by atoms with E-state index in [2.05, 4.69) is 79.9 Å². The molecule has 1 heterocycles. The van der Waals surface area contributed by atoms with Gasteiger partial charge in [0, 0.05) is 16.3 Å². The Hall–Kier alpha value is -1.06. The van der Waals surface area contributed by atoms with Crippen molar-refractivity contribution in [3.05, 3.63) is 48.5 Å².